The Labute approximate surface area is 148 Å². The largest absolute Gasteiger partial charge is 0.294 e. The minimum atomic E-state index is 0.266. The molecule has 0 amide bonds. The molecule has 0 radical (unpaired) electrons. The molecule has 0 aromatic heterocycles. The van der Waals surface area contributed by atoms with Crippen molar-refractivity contribution in [3.05, 3.63) is 35.4 Å². The van der Waals surface area contributed by atoms with E-state index in [0.717, 1.165) is 24.0 Å². The van der Waals surface area contributed by atoms with Gasteiger partial charge >= 0.3 is 0 Å². The van der Waals surface area contributed by atoms with Gasteiger partial charge < -0.3 is 0 Å². The molecule has 2 aliphatic heterocycles. The summed E-state index contributed by atoms with van der Waals surface area (Å²) in [5, 5.41) is 0. The summed E-state index contributed by atoms with van der Waals surface area (Å²) in [6, 6.07) is 12.3. The van der Waals surface area contributed by atoms with Gasteiger partial charge in [0.25, 0.3) is 0 Å². The molecule has 3 fully saturated rings. The van der Waals surface area contributed by atoms with E-state index in [9.17, 15) is 0 Å². The van der Waals surface area contributed by atoms with Crippen LogP contribution in [0.15, 0.2) is 24.3 Å². The number of fused-ring (bicyclic) bond motifs is 2. The van der Waals surface area contributed by atoms with Crippen molar-refractivity contribution in [2.75, 3.05) is 0 Å². The molecular formula is C23H35N. The Morgan fingerprint density at radius 2 is 1.33 bits per heavy atom. The van der Waals surface area contributed by atoms with E-state index < -0.39 is 0 Å². The number of hydrogen-bond acceptors (Lipinski definition) is 1. The van der Waals surface area contributed by atoms with Crippen molar-refractivity contribution in [2.45, 2.75) is 108 Å². The van der Waals surface area contributed by atoms with Gasteiger partial charge in [-0.15, -0.1) is 0 Å². The second-order valence-electron chi connectivity index (χ2n) is 9.66. The normalized spacial score (nSPS) is 32.2. The molecule has 4 rings (SSSR count). The molecule has 1 aromatic carbocycles. The summed E-state index contributed by atoms with van der Waals surface area (Å²) in [6.07, 6.45) is 13.1. The first-order valence-electron chi connectivity index (χ1n) is 10.4. The summed E-state index contributed by atoms with van der Waals surface area (Å²) < 4.78 is 0. The lowest BCUT2D eigenvalue weighted by molar-refractivity contribution is 0.0567. The first kappa shape index (κ1) is 16.6. The number of nitrogens with zero attached hydrogens (tertiary/aromatic N) is 1. The fraction of sp³-hybridized carbons (Fsp3) is 0.739. The molecule has 1 aromatic rings. The molecule has 1 nitrogen and oxygen atoms in total. The number of piperidine rings is 1. The number of benzene rings is 1. The van der Waals surface area contributed by atoms with Crippen LogP contribution in [-0.2, 0) is 5.41 Å². The highest BCUT2D eigenvalue weighted by atomic mass is 15.2. The molecule has 3 atom stereocenters. The van der Waals surface area contributed by atoms with E-state index in [2.05, 4.69) is 49.9 Å². The van der Waals surface area contributed by atoms with Crippen molar-refractivity contribution >= 4 is 0 Å². The summed E-state index contributed by atoms with van der Waals surface area (Å²) in [6.45, 7) is 6.93. The predicted molar refractivity (Wildman–Crippen MR) is 103 cm³/mol. The monoisotopic (exact) mass is 325 g/mol. The molecule has 1 saturated carbocycles. The third kappa shape index (κ3) is 3.17. The van der Waals surface area contributed by atoms with Crippen LogP contribution in [0.4, 0.5) is 0 Å². The van der Waals surface area contributed by atoms with E-state index in [1.165, 1.54) is 63.4 Å². The Kier molecular flexibility index (Phi) is 4.49. The molecule has 2 heterocycles. The maximum Gasteiger partial charge on any atom is 0.0107 e. The molecular weight excluding hydrogens is 290 g/mol. The summed E-state index contributed by atoms with van der Waals surface area (Å²) in [5.41, 5.74) is 3.33. The molecule has 3 aliphatic rings. The average molecular weight is 326 g/mol. The lowest BCUT2D eigenvalue weighted by Gasteiger charge is -2.45. The lowest BCUT2D eigenvalue weighted by Crippen LogP contribution is -2.49. The maximum absolute atomic E-state index is 2.99. The Hall–Kier alpha value is -0.820. The lowest BCUT2D eigenvalue weighted by atomic mass is 9.81. The van der Waals surface area contributed by atoms with Gasteiger partial charge in [-0.1, -0.05) is 64.3 Å². The quantitative estimate of drug-likeness (QED) is 0.642. The molecule has 1 unspecified atom stereocenters. The first-order valence-corrected chi connectivity index (χ1v) is 10.4. The topological polar surface area (TPSA) is 3.24 Å². The second-order valence-corrected chi connectivity index (χ2v) is 9.66. The number of hydrogen-bond donors (Lipinski definition) is 0. The van der Waals surface area contributed by atoms with E-state index in [0.29, 0.717) is 0 Å². The minimum absolute atomic E-state index is 0.266. The third-order valence-electron chi connectivity index (χ3n) is 7.03. The standard InChI is InChI=1S/C23H35N/c1-23(2,3)19-11-9-17(10-12-19)18-15-21-13-14-22(16-18)24(21)20-7-5-4-6-8-20/h9-12,18,20-22H,4-8,13-16H2,1-3H3/t18?,21-,22+. The highest BCUT2D eigenvalue weighted by Crippen LogP contribution is 2.46. The van der Waals surface area contributed by atoms with Gasteiger partial charge in [0.05, 0.1) is 0 Å². The summed E-state index contributed by atoms with van der Waals surface area (Å²) in [5.74, 6) is 0.802. The zero-order chi connectivity index (χ0) is 16.7. The van der Waals surface area contributed by atoms with Crippen LogP contribution in [-0.4, -0.2) is 23.0 Å². The zero-order valence-electron chi connectivity index (χ0n) is 15.9. The van der Waals surface area contributed by atoms with Crippen LogP contribution in [0.5, 0.6) is 0 Å². The van der Waals surface area contributed by atoms with Crippen molar-refractivity contribution in [3.63, 3.8) is 0 Å². The van der Waals surface area contributed by atoms with Gasteiger partial charge in [0.15, 0.2) is 0 Å². The van der Waals surface area contributed by atoms with Crippen molar-refractivity contribution in [2.24, 2.45) is 0 Å². The molecule has 2 bridgehead atoms. The van der Waals surface area contributed by atoms with Gasteiger partial charge in [-0.25, -0.2) is 0 Å². The molecule has 132 valence electrons. The zero-order valence-corrected chi connectivity index (χ0v) is 15.9. The first-order chi connectivity index (χ1) is 11.5. The SMILES string of the molecule is CC(C)(C)c1ccc(C2C[C@H]3CC[C@@H](C2)N3C2CCCCC2)cc1. The molecule has 0 spiro atoms. The smallest absolute Gasteiger partial charge is 0.0107 e. The van der Waals surface area contributed by atoms with Gasteiger partial charge in [-0.05, 0) is 61.0 Å². The highest BCUT2D eigenvalue weighted by Gasteiger charge is 2.44. The van der Waals surface area contributed by atoms with Crippen LogP contribution >= 0.6 is 0 Å². The van der Waals surface area contributed by atoms with E-state index in [1.54, 1.807) is 5.56 Å². The van der Waals surface area contributed by atoms with Gasteiger partial charge in [0, 0.05) is 18.1 Å². The summed E-state index contributed by atoms with van der Waals surface area (Å²) in [7, 11) is 0. The van der Waals surface area contributed by atoms with Crippen LogP contribution in [0, 0.1) is 0 Å². The van der Waals surface area contributed by atoms with Crippen molar-refractivity contribution in [3.8, 4) is 0 Å². The summed E-state index contributed by atoms with van der Waals surface area (Å²) >= 11 is 0. The van der Waals surface area contributed by atoms with E-state index in [1.807, 2.05) is 0 Å². The van der Waals surface area contributed by atoms with Crippen molar-refractivity contribution in [1.82, 2.24) is 4.90 Å². The van der Waals surface area contributed by atoms with E-state index in [-0.39, 0.29) is 5.41 Å². The fourth-order valence-electron chi connectivity index (χ4n) is 5.72. The summed E-state index contributed by atoms with van der Waals surface area (Å²) in [4.78, 5) is 2.99. The second kappa shape index (κ2) is 6.48. The van der Waals surface area contributed by atoms with Crippen LogP contribution in [0.1, 0.15) is 95.6 Å². The van der Waals surface area contributed by atoms with Crippen LogP contribution in [0.25, 0.3) is 0 Å². The molecule has 1 aliphatic carbocycles. The predicted octanol–water partition coefficient (Wildman–Crippen LogP) is 6.03. The van der Waals surface area contributed by atoms with E-state index >= 15 is 0 Å². The number of rotatable bonds is 2. The average Bonchev–Trinajstić information content (AvgIpc) is 2.85. The van der Waals surface area contributed by atoms with Crippen LogP contribution in [0.2, 0.25) is 0 Å². The van der Waals surface area contributed by atoms with Gasteiger partial charge in [0.2, 0.25) is 0 Å². The molecule has 24 heavy (non-hydrogen) atoms. The third-order valence-corrected chi connectivity index (χ3v) is 7.03. The molecule has 1 heteroatoms. The van der Waals surface area contributed by atoms with Crippen LogP contribution in [0.3, 0.4) is 0 Å². The van der Waals surface area contributed by atoms with Crippen molar-refractivity contribution in [1.29, 1.82) is 0 Å². The Balaban J connectivity index is 1.46. The highest BCUT2D eigenvalue weighted by molar-refractivity contribution is 5.30. The van der Waals surface area contributed by atoms with Crippen molar-refractivity contribution < 1.29 is 0 Å². The van der Waals surface area contributed by atoms with Crippen LogP contribution < -0.4 is 0 Å². The van der Waals surface area contributed by atoms with Gasteiger partial charge in [0.1, 0.15) is 0 Å². The Bertz CT molecular complexity index is 532. The fourth-order valence-corrected chi connectivity index (χ4v) is 5.72. The maximum atomic E-state index is 2.99. The van der Waals surface area contributed by atoms with Gasteiger partial charge in [-0.3, -0.25) is 4.90 Å². The molecule has 0 N–H and O–H groups in total. The Morgan fingerprint density at radius 1 is 0.750 bits per heavy atom. The minimum Gasteiger partial charge on any atom is -0.294 e. The van der Waals surface area contributed by atoms with E-state index in [4.69, 9.17) is 0 Å². The Morgan fingerprint density at radius 3 is 1.88 bits per heavy atom. The molecule has 2 saturated heterocycles. The van der Waals surface area contributed by atoms with Gasteiger partial charge in [-0.2, -0.15) is 0 Å².